The zero-order chi connectivity index (χ0) is 15.6. The maximum atomic E-state index is 12.3. The number of ether oxygens (including phenoxy) is 1. The molecule has 1 aliphatic heterocycles. The first kappa shape index (κ1) is 14.8. The summed E-state index contributed by atoms with van der Waals surface area (Å²) in [5.41, 5.74) is 11.1. The van der Waals surface area contributed by atoms with Gasteiger partial charge in [-0.05, 0) is 12.1 Å². The molecule has 1 aliphatic rings. The van der Waals surface area contributed by atoms with E-state index >= 15 is 0 Å². The molecule has 8 nitrogen and oxygen atoms in total. The molecule has 1 aromatic rings. The molecule has 0 bridgehead atoms. The summed E-state index contributed by atoms with van der Waals surface area (Å²) >= 11 is 0. The van der Waals surface area contributed by atoms with Crippen LogP contribution in [0, 0.1) is 0 Å². The van der Waals surface area contributed by atoms with Gasteiger partial charge in [0.15, 0.2) is 0 Å². The second-order valence-corrected chi connectivity index (χ2v) is 4.64. The number of hydrogen-bond acceptors (Lipinski definition) is 5. The van der Waals surface area contributed by atoms with E-state index in [4.69, 9.17) is 21.3 Å². The minimum atomic E-state index is -1.19. The number of carboxylic acids is 1. The minimum Gasteiger partial charge on any atom is -0.478 e. The van der Waals surface area contributed by atoms with E-state index in [1.54, 1.807) is 24.3 Å². The van der Waals surface area contributed by atoms with Crippen LogP contribution in [0.15, 0.2) is 24.3 Å². The average molecular weight is 293 g/mol. The maximum Gasteiger partial charge on any atom is 0.346 e. The van der Waals surface area contributed by atoms with E-state index in [0.717, 1.165) is 0 Å². The molecule has 0 spiro atoms. The number of nitrogens with two attached hydrogens (primary N) is 2. The van der Waals surface area contributed by atoms with Gasteiger partial charge >= 0.3 is 5.97 Å². The van der Waals surface area contributed by atoms with E-state index in [0.29, 0.717) is 5.69 Å². The fourth-order valence-corrected chi connectivity index (χ4v) is 2.08. The number of anilines is 1. The molecule has 112 valence electrons. The summed E-state index contributed by atoms with van der Waals surface area (Å²) in [6, 6.07) is 5.40. The molecular weight excluding hydrogens is 278 g/mol. The van der Waals surface area contributed by atoms with Crippen LogP contribution >= 0.6 is 0 Å². The molecule has 0 radical (unpaired) electrons. The Morgan fingerprint density at radius 2 is 2.05 bits per heavy atom. The fraction of sp³-hybridized carbons (Fsp3) is 0.308. The van der Waals surface area contributed by atoms with Crippen molar-refractivity contribution in [1.29, 1.82) is 0 Å². The Hall–Kier alpha value is -2.61. The third kappa shape index (κ3) is 3.11. The number of aliphatic carboxylic acids is 1. The molecular formula is C13H15N3O5. The molecule has 8 heteroatoms. The van der Waals surface area contributed by atoms with Crippen molar-refractivity contribution in [2.24, 2.45) is 11.5 Å². The van der Waals surface area contributed by atoms with E-state index in [2.05, 4.69) is 0 Å². The first-order chi connectivity index (χ1) is 9.90. The van der Waals surface area contributed by atoms with Gasteiger partial charge in [0.25, 0.3) is 0 Å². The van der Waals surface area contributed by atoms with Gasteiger partial charge in [-0.1, -0.05) is 12.1 Å². The normalized spacial score (nSPS) is 18.3. The summed E-state index contributed by atoms with van der Waals surface area (Å²) in [7, 11) is 0. The van der Waals surface area contributed by atoms with Crippen LogP contribution in [-0.2, 0) is 14.4 Å². The van der Waals surface area contributed by atoms with Crippen LogP contribution in [0.25, 0.3) is 0 Å². The zero-order valence-electron chi connectivity index (χ0n) is 11.1. The highest BCUT2D eigenvalue weighted by molar-refractivity contribution is 6.01. The van der Waals surface area contributed by atoms with E-state index in [1.807, 2.05) is 0 Å². The summed E-state index contributed by atoms with van der Waals surface area (Å²) in [6.45, 7) is -0.183. The number of benzene rings is 1. The third-order valence-electron chi connectivity index (χ3n) is 3.05. The minimum absolute atomic E-state index is 0.183. The standard InChI is InChI=1S/C13H15N3O5/c14-7(5-11(15)17)12(18)16-6-10(13(19)20)21-9-4-2-1-3-8(9)16/h1-4,7,10H,5-6,14H2,(H2,15,17)(H,19,20). The van der Waals surface area contributed by atoms with Crippen molar-refractivity contribution in [3.63, 3.8) is 0 Å². The smallest absolute Gasteiger partial charge is 0.346 e. The second kappa shape index (κ2) is 5.80. The summed E-state index contributed by atoms with van der Waals surface area (Å²) < 4.78 is 5.31. The summed E-state index contributed by atoms with van der Waals surface area (Å²) in [6.07, 6.45) is -1.50. The summed E-state index contributed by atoms with van der Waals surface area (Å²) in [4.78, 5) is 35.5. The first-order valence-electron chi connectivity index (χ1n) is 6.24. The van der Waals surface area contributed by atoms with Crippen LogP contribution in [0.2, 0.25) is 0 Å². The number of nitrogens with zero attached hydrogens (tertiary/aromatic N) is 1. The molecule has 0 saturated heterocycles. The van der Waals surface area contributed by atoms with Crippen molar-refractivity contribution in [2.75, 3.05) is 11.4 Å². The number of rotatable bonds is 4. The molecule has 21 heavy (non-hydrogen) atoms. The van der Waals surface area contributed by atoms with Gasteiger partial charge in [-0.25, -0.2) is 4.79 Å². The monoisotopic (exact) mass is 293 g/mol. The summed E-state index contributed by atoms with van der Waals surface area (Å²) in [5.74, 6) is -2.19. The van der Waals surface area contributed by atoms with Crippen LogP contribution in [0.4, 0.5) is 5.69 Å². The van der Waals surface area contributed by atoms with Crippen molar-refractivity contribution in [3.8, 4) is 5.75 Å². The number of amides is 2. The van der Waals surface area contributed by atoms with E-state index < -0.39 is 29.9 Å². The Balaban J connectivity index is 2.30. The number of fused-ring (bicyclic) bond motifs is 1. The Labute approximate surface area is 120 Å². The largest absolute Gasteiger partial charge is 0.478 e. The predicted octanol–water partition coefficient (Wildman–Crippen LogP) is -0.932. The van der Waals surface area contributed by atoms with Gasteiger partial charge in [-0.2, -0.15) is 0 Å². The Morgan fingerprint density at radius 1 is 1.38 bits per heavy atom. The predicted molar refractivity (Wildman–Crippen MR) is 72.6 cm³/mol. The SMILES string of the molecule is NC(=O)CC(N)C(=O)N1CC(C(=O)O)Oc2ccccc21. The number of hydrogen-bond donors (Lipinski definition) is 3. The number of carbonyl (C=O) groups excluding carboxylic acids is 2. The molecule has 0 saturated carbocycles. The lowest BCUT2D eigenvalue weighted by atomic mass is 10.1. The maximum absolute atomic E-state index is 12.3. The van der Waals surface area contributed by atoms with Gasteiger partial charge in [-0.15, -0.1) is 0 Å². The van der Waals surface area contributed by atoms with Crippen LogP contribution in [0.5, 0.6) is 5.75 Å². The molecule has 2 amide bonds. The molecule has 2 unspecified atom stereocenters. The van der Waals surface area contributed by atoms with E-state index in [9.17, 15) is 14.4 Å². The molecule has 2 atom stereocenters. The molecule has 1 aromatic carbocycles. The summed E-state index contributed by atoms with van der Waals surface area (Å²) in [5, 5.41) is 9.08. The van der Waals surface area contributed by atoms with E-state index in [-0.39, 0.29) is 18.7 Å². The molecule has 0 aromatic heterocycles. The number of para-hydroxylation sites is 2. The van der Waals surface area contributed by atoms with Crippen LogP contribution in [0.3, 0.4) is 0 Å². The number of carboxylic acid groups (broad SMARTS) is 1. The molecule has 1 heterocycles. The lowest BCUT2D eigenvalue weighted by Gasteiger charge is -2.34. The molecule has 2 rings (SSSR count). The lowest BCUT2D eigenvalue weighted by molar-refractivity contribution is -0.145. The van der Waals surface area contributed by atoms with Crippen LogP contribution in [0.1, 0.15) is 6.42 Å². The van der Waals surface area contributed by atoms with Gasteiger partial charge in [0, 0.05) is 0 Å². The highest BCUT2D eigenvalue weighted by Crippen LogP contribution is 2.33. The lowest BCUT2D eigenvalue weighted by Crippen LogP contribution is -2.52. The topological polar surface area (TPSA) is 136 Å². The van der Waals surface area contributed by atoms with Gasteiger partial charge < -0.3 is 26.2 Å². The number of carbonyl (C=O) groups is 3. The van der Waals surface area contributed by atoms with Gasteiger partial charge in [0.1, 0.15) is 5.75 Å². The fourth-order valence-electron chi connectivity index (χ4n) is 2.08. The second-order valence-electron chi connectivity index (χ2n) is 4.64. The highest BCUT2D eigenvalue weighted by Gasteiger charge is 2.35. The number of primary amides is 1. The van der Waals surface area contributed by atoms with Crippen molar-refractivity contribution in [2.45, 2.75) is 18.6 Å². The van der Waals surface area contributed by atoms with Crippen molar-refractivity contribution in [3.05, 3.63) is 24.3 Å². The van der Waals surface area contributed by atoms with E-state index in [1.165, 1.54) is 4.90 Å². The molecule has 0 fully saturated rings. The van der Waals surface area contributed by atoms with Crippen molar-refractivity contribution in [1.82, 2.24) is 0 Å². The average Bonchev–Trinajstić information content (AvgIpc) is 2.44. The van der Waals surface area contributed by atoms with Gasteiger partial charge in [-0.3, -0.25) is 9.59 Å². The van der Waals surface area contributed by atoms with Gasteiger partial charge in [0.05, 0.1) is 24.7 Å². The third-order valence-corrected chi connectivity index (χ3v) is 3.05. The van der Waals surface area contributed by atoms with Crippen LogP contribution in [-0.4, -0.2) is 41.6 Å². The van der Waals surface area contributed by atoms with Crippen LogP contribution < -0.4 is 21.1 Å². The Bertz CT molecular complexity index is 589. The Kier molecular flexibility index (Phi) is 4.08. The highest BCUT2D eigenvalue weighted by atomic mass is 16.5. The first-order valence-corrected chi connectivity index (χ1v) is 6.24. The van der Waals surface area contributed by atoms with Crippen molar-refractivity contribution >= 4 is 23.5 Å². The molecule has 5 N–H and O–H groups in total. The molecule has 0 aliphatic carbocycles. The Morgan fingerprint density at radius 3 is 2.67 bits per heavy atom. The van der Waals surface area contributed by atoms with Crippen molar-refractivity contribution < 1.29 is 24.2 Å². The quantitative estimate of drug-likeness (QED) is 0.656. The van der Waals surface area contributed by atoms with Gasteiger partial charge in [0.2, 0.25) is 17.9 Å². The zero-order valence-corrected chi connectivity index (χ0v) is 11.1.